The van der Waals surface area contributed by atoms with Crippen LogP contribution in [0.15, 0.2) is 84.0 Å². The maximum absolute atomic E-state index is 10.8. The quantitative estimate of drug-likeness (QED) is 0.244. The van der Waals surface area contributed by atoms with E-state index >= 15 is 0 Å². The van der Waals surface area contributed by atoms with Gasteiger partial charge in [-0.1, -0.05) is 65.9 Å². The highest BCUT2D eigenvalue weighted by Crippen LogP contribution is 2.30. The van der Waals surface area contributed by atoms with E-state index in [0.717, 1.165) is 33.4 Å². The minimum Gasteiger partial charge on any atom is -0.270 e. The topological polar surface area (TPSA) is 73.8 Å². The lowest BCUT2D eigenvalue weighted by atomic mass is 10.1. The SMILES string of the molecule is Cc1cccc(-c2nnc(SCc3ccc([N+](=O)[O-])cc3)n2-c2ccccc2)c1. The molecule has 0 amide bonds. The number of hydrogen-bond donors (Lipinski definition) is 0. The molecule has 0 aliphatic heterocycles. The number of aromatic nitrogens is 3. The normalized spacial score (nSPS) is 10.8. The molecule has 0 bridgehead atoms. The fraction of sp³-hybridized carbons (Fsp3) is 0.0909. The molecule has 0 radical (unpaired) electrons. The summed E-state index contributed by atoms with van der Waals surface area (Å²) in [5, 5.41) is 20.5. The first-order valence-electron chi connectivity index (χ1n) is 9.06. The Kier molecular flexibility index (Phi) is 5.39. The number of rotatable bonds is 6. The number of thioether (sulfide) groups is 1. The molecular weight excluding hydrogens is 384 g/mol. The number of aryl methyl sites for hydroxylation is 1. The number of nitrogens with zero attached hydrogens (tertiary/aromatic N) is 4. The highest BCUT2D eigenvalue weighted by atomic mass is 32.2. The molecule has 4 rings (SSSR count). The smallest absolute Gasteiger partial charge is 0.269 e. The highest BCUT2D eigenvalue weighted by molar-refractivity contribution is 7.98. The molecule has 0 N–H and O–H groups in total. The molecule has 1 heterocycles. The second-order valence-corrected chi connectivity index (χ2v) is 7.50. The summed E-state index contributed by atoms with van der Waals surface area (Å²) in [6.07, 6.45) is 0. The summed E-state index contributed by atoms with van der Waals surface area (Å²) in [5.41, 5.74) is 4.22. The summed E-state index contributed by atoms with van der Waals surface area (Å²) < 4.78 is 2.05. The molecule has 144 valence electrons. The van der Waals surface area contributed by atoms with Gasteiger partial charge in [-0.05, 0) is 30.7 Å². The van der Waals surface area contributed by atoms with Gasteiger partial charge in [-0.25, -0.2) is 0 Å². The third kappa shape index (κ3) is 4.20. The molecule has 0 aliphatic rings. The molecule has 0 spiro atoms. The number of para-hydroxylation sites is 1. The Bertz CT molecular complexity index is 1140. The molecule has 0 unspecified atom stereocenters. The summed E-state index contributed by atoms with van der Waals surface area (Å²) in [7, 11) is 0. The second kappa shape index (κ2) is 8.28. The van der Waals surface area contributed by atoms with Gasteiger partial charge in [0.1, 0.15) is 0 Å². The molecule has 0 saturated carbocycles. The van der Waals surface area contributed by atoms with Gasteiger partial charge in [0.15, 0.2) is 11.0 Å². The van der Waals surface area contributed by atoms with E-state index in [1.165, 1.54) is 12.1 Å². The van der Waals surface area contributed by atoms with Gasteiger partial charge in [-0.2, -0.15) is 0 Å². The van der Waals surface area contributed by atoms with Crippen LogP contribution in [0, 0.1) is 17.0 Å². The molecule has 3 aromatic carbocycles. The first-order chi connectivity index (χ1) is 14.1. The Morgan fingerprint density at radius 2 is 1.72 bits per heavy atom. The van der Waals surface area contributed by atoms with Crippen LogP contribution in [-0.2, 0) is 5.75 Å². The van der Waals surface area contributed by atoms with Gasteiger partial charge in [0, 0.05) is 29.1 Å². The summed E-state index contributed by atoms with van der Waals surface area (Å²) >= 11 is 1.55. The first kappa shape index (κ1) is 18.9. The Labute approximate surface area is 172 Å². The second-order valence-electron chi connectivity index (χ2n) is 6.56. The summed E-state index contributed by atoms with van der Waals surface area (Å²) in [6, 6.07) is 24.8. The maximum atomic E-state index is 10.8. The largest absolute Gasteiger partial charge is 0.270 e. The molecule has 0 atom stereocenters. The van der Waals surface area contributed by atoms with E-state index in [9.17, 15) is 10.1 Å². The number of benzene rings is 3. The Hall–Kier alpha value is -3.45. The predicted molar refractivity (Wildman–Crippen MR) is 114 cm³/mol. The highest BCUT2D eigenvalue weighted by Gasteiger charge is 2.16. The van der Waals surface area contributed by atoms with Gasteiger partial charge in [0.05, 0.1) is 4.92 Å². The summed E-state index contributed by atoms with van der Waals surface area (Å²) in [6.45, 7) is 2.05. The molecule has 4 aromatic rings. The van der Waals surface area contributed by atoms with Gasteiger partial charge in [0.2, 0.25) is 0 Å². The van der Waals surface area contributed by atoms with E-state index < -0.39 is 4.92 Å². The van der Waals surface area contributed by atoms with Crippen molar-refractivity contribution in [3.8, 4) is 17.1 Å². The van der Waals surface area contributed by atoms with Crippen LogP contribution in [0.4, 0.5) is 5.69 Å². The first-order valence-corrected chi connectivity index (χ1v) is 10.0. The monoisotopic (exact) mass is 402 g/mol. The van der Waals surface area contributed by atoms with Gasteiger partial charge < -0.3 is 0 Å². The van der Waals surface area contributed by atoms with Crippen LogP contribution in [0.3, 0.4) is 0 Å². The van der Waals surface area contributed by atoms with E-state index in [1.807, 2.05) is 47.0 Å². The van der Waals surface area contributed by atoms with Gasteiger partial charge in [0.25, 0.3) is 5.69 Å². The van der Waals surface area contributed by atoms with Gasteiger partial charge in [-0.15, -0.1) is 10.2 Å². The molecule has 7 heteroatoms. The fourth-order valence-corrected chi connectivity index (χ4v) is 3.91. The van der Waals surface area contributed by atoms with Crippen LogP contribution < -0.4 is 0 Å². The molecule has 29 heavy (non-hydrogen) atoms. The number of nitro benzene ring substituents is 1. The third-order valence-corrected chi connectivity index (χ3v) is 5.44. The minimum atomic E-state index is -0.392. The molecule has 0 aliphatic carbocycles. The van der Waals surface area contributed by atoms with Crippen molar-refractivity contribution in [3.63, 3.8) is 0 Å². The minimum absolute atomic E-state index is 0.0907. The third-order valence-electron chi connectivity index (χ3n) is 4.44. The maximum Gasteiger partial charge on any atom is 0.269 e. The Balaban J connectivity index is 1.67. The fourth-order valence-electron chi connectivity index (χ4n) is 3.01. The average Bonchev–Trinajstić information content (AvgIpc) is 3.17. The molecular formula is C22H18N4O2S. The van der Waals surface area contributed by atoms with Crippen molar-refractivity contribution in [2.45, 2.75) is 17.8 Å². The van der Waals surface area contributed by atoms with Crippen LogP contribution in [0.2, 0.25) is 0 Å². The van der Waals surface area contributed by atoms with E-state index in [1.54, 1.807) is 23.9 Å². The molecule has 1 aromatic heterocycles. The zero-order chi connectivity index (χ0) is 20.2. The van der Waals surface area contributed by atoms with Crippen LogP contribution in [0.5, 0.6) is 0 Å². The molecule has 6 nitrogen and oxygen atoms in total. The lowest BCUT2D eigenvalue weighted by molar-refractivity contribution is -0.384. The zero-order valence-corrected chi connectivity index (χ0v) is 16.5. The number of hydrogen-bond acceptors (Lipinski definition) is 5. The predicted octanol–water partition coefficient (Wildman–Crippen LogP) is 5.44. The lowest BCUT2D eigenvalue weighted by Crippen LogP contribution is -1.99. The standard InChI is InChI=1S/C22H18N4O2S/c1-16-6-5-7-18(14-16)21-23-24-22(25(21)19-8-3-2-4-9-19)29-15-17-10-12-20(13-11-17)26(27)28/h2-14H,15H2,1H3. The Morgan fingerprint density at radius 1 is 0.966 bits per heavy atom. The Morgan fingerprint density at radius 3 is 2.41 bits per heavy atom. The van der Waals surface area contributed by atoms with E-state index in [4.69, 9.17) is 0 Å². The van der Waals surface area contributed by atoms with Crippen LogP contribution in [0.1, 0.15) is 11.1 Å². The van der Waals surface area contributed by atoms with Gasteiger partial charge >= 0.3 is 0 Å². The van der Waals surface area contributed by atoms with Crippen molar-refractivity contribution in [2.24, 2.45) is 0 Å². The number of nitro groups is 1. The lowest BCUT2D eigenvalue weighted by Gasteiger charge is -2.10. The molecule has 0 saturated heterocycles. The summed E-state index contributed by atoms with van der Waals surface area (Å²) in [5.74, 6) is 1.42. The van der Waals surface area contributed by atoms with Crippen molar-refractivity contribution in [1.29, 1.82) is 0 Å². The van der Waals surface area contributed by atoms with Crippen LogP contribution in [-0.4, -0.2) is 19.7 Å². The summed E-state index contributed by atoms with van der Waals surface area (Å²) in [4.78, 5) is 10.4. The van der Waals surface area contributed by atoms with E-state index in [0.29, 0.717) is 5.75 Å². The van der Waals surface area contributed by atoms with Crippen molar-refractivity contribution in [1.82, 2.24) is 14.8 Å². The zero-order valence-electron chi connectivity index (χ0n) is 15.7. The van der Waals surface area contributed by atoms with Crippen LogP contribution >= 0.6 is 11.8 Å². The van der Waals surface area contributed by atoms with Crippen LogP contribution in [0.25, 0.3) is 17.1 Å². The van der Waals surface area contributed by atoms with Crippen molar-refractivity contribution >= 4 is 17.4 Å². The molecule has 0 fully saturated rings. The van der Waals surface area contributed by atoms with E-state index in [2.05, 4.69) is 29.3 Å². The van der Waals surface area contributed by atoms with Crippen molar-refractivity contribution < 1.29 is 4.92 Å². The van der Waals surface area contributed by atoms with Crippen molar-refractivity contribution in [2.75, 3.05) is 0 Å². The number of non-ortho nitro benzene ring substituents is 1. The average molecular weight is 402 g/mol. The van der Waals surface area contributed by atoms with E-state index in [-0.39, 0.29) is 5.69 Å². The van der Waals surface area contributed by atoms with Crippen molar-refractivity contribution in [3.05, 3.63) is 100 Å². The van der Waals surface area contributed by atoms with Gasteiger partial charge in [-0.3, -0.25) is 14.7 Å².